The number of ether oxygens (including phenoxy) is 1. The van der Waals surface area contributed by atoms with Crippen LogP contribution in [0.25, 0.3) is 0 Å². The van der Waals surface area contributed by atoms with Crippen molar-refractivity contribution in [2.45, 2.75) is 39.2 Å². The molecule has 0 amide bonds. The van der Waals surface area contributed by atoms with Gasteiger partial charge in [0.1, 0.15) is 5.60 Å². The summed E-state index contributed by atoms with van der Waals surface area (Å²) in [4.78, 5) is 11.0. The van der Waals surface area contributed by atoms with E-state index in [2.05, 4.69) is 0 Å². The Hall–Kier alpha value is -0.790. The van der Waals surface area contributed by atoms with Crippen LogP contribution in [-0.2, 0) is 9.53 Å². The van der Waals surface area contributed by atoms with Crippen LogP contribution in [0.5, 0.6) is 0 Å². The Kier molecular flexibility index (Phi) is 2.03. The van der Waals surface area contributed by atoms with Crippen molar-refractivity contribution in [3.8, 4) is 0 Å². The van der Waals surface area contributed by atoms with Crippen LogP contribution in [0, 0.1) is 0 Å². The van der Waals surface area contributed by atoms with E-state index in [1.807, 2.05) is 20.8 Å². The molecule has 0 unspecified atom stereocenters. The van der Waals surface area contributed by atoms with E-state index >= 15 is 0 Å². The van der Waals surface area contributed by atoms with Gasteiger partial charge in [0.2, 0.25) is 0 Å². The Bertz CT molecular complexity index is 190. The molecule has 1 saturated carbocycles. The molecule has 0 spiro atoms. The second-order valence-corrected chi connectivity index (χ2v) is 3.84. The van der Waals surface area contributed by atoms with Gasteiger partial charge in [-0.1, -0.05) is 5.57 Å². The van der Waals surface area contributed by atoms with Crippen molar-refractivity contribution in [1.82, 2.24) is 0 Å². The first-order valence-corrected chi connectivity index (χ1v) is 3.90. The van der Waals surface area contributed by atoms with E-state index < -0.39 is 0 Å². The van der Waals surface area contributed by atoms with E-state index in [-0.39, 0.29) is 11.6 Å². The van der Waals surface area contributed by atoms with Gasteiger partial charge >= 0.3 is 5.97 Å². The molecule has 0 N–H and O–H groups in total. The minimum atomic E-state index is -0.358. The van der Waals surface area contributed by atoms with E-state index in [1.54, 1.807) is 6.08 Å². The summed E-state index contributed by atoms with van der Waals surface area (Å²) in [5.74, 6) is -0.204. The molecule has 1 fully saturated rings. The number of hydrogen-bond acceptors (Lipinski definition) is 2. The zero-order valence-corrected chi connectivity index (χ0v) is 7.31. The van der Waals surface area contributed by atoms with Crippen molar-refractivity contribution in [3.05, 3.63) is 11.6 Å². The highest BCUT2D eigenvalue weighted by Gasteiger charge is 2.18. The van der Waals surface area contributed by atoms with Gasteiger partial charge in [0.05, 0.1) is 0 Å². The molecular weight excluding hydrogens is 140 g/mol. The SMILES string of the molecule is CC(C)(C)OC(=O)C=C1CC1. The van der Waals surface area contributed by atoms with E-state index in [0.717, 1.165) is 12.8 Å². The van der Waals surface area contributed by atoms with E-state index in [4.69, 9.17) is 4.74 Å². The fourth-order valence-electron chi connectivity index (χ4n) is 0.714. The Morgan fingerprint density at radius 3 is 2.36 bits per heavy atom. The lowest BCUT2D eigenvalue weighted by atomic mass is 10.2. The molecule has 0 aromatic heterocycles. The molecule has 1 rings (SSSR count). The molecule has 11 heavy (non-hydrogen) atoms. The number of carbonyl (C=O) groups excluding carboxylic acids is 1. The van der Waals surface area contributed by atoms with Gasteiger partial charge in [-0.2, -0.15) is 0 Å². The molecule has 0 aromatic rings. The smallest absolute Gasteiger partial charge is 0.331 e. The maximum atomic E-state index is 11.0. The number of hydrogen-bond donors (Lipinski definition) is 0. The van der Waals surface area contributed by atoms with Crippen LogP contribution in [0.1, 0.15) is 33.6 Å². The Balaban J connectivity index is 2.37. The lowest BCUT2D eigenvalue weighted by Gasteiger charge is -2.17. The van der Waals surface area contributed by atoms with Crippen LogP contribution >= 0.6 is 0 Å². The minimum absolute atomic E-state index is 0.204. The molecule has 0 radical (unpaired) electrons. The summed E-state index contributed by atoms with van der Waals surface area (Å²) in [5, 5.41) is 0. The molecule has 0 aliphatic heterocycles. The first kappa shape index (κ1) is 8.31. The number of esters is 1. The number of carbonyl (C=O) groups is 1. The summed E-state index contributed by atoms with van der Waals surface area (Å²) >= 11 is 0. The monoisotopic (exact) mass is 154 g/mol. The molecule has 2 nitrogen and oxygen atoms in total. The molecule has 0 saturated heterocycles. The standard InChI is InChI=1S/C9H14O2/c1-9(2,3)11-8(10)6-7-4-5-7/h6H,4-5H2,1-3H3. The Morgan fingerprint density at radius 1 is 1.45 bits per heavy atom. The summed E-state index contributed by atoms with van der Waals surface area (Å²) < 4.78 is 5.07. The lowest BCUT2D eigenvalue weighted by molar-refractivity contribution is -0.148. The van der Waals surface area contributed by atoms with E-state index in [9.17, 15) is 4.79 Å². The predicted molar refractivity (Wildman–Crippen MR) is 43.2 cm³/mol. The summed E-state index contributed by atoms with van der Waals surface area (Å²) in [7, 11) is 0. The molecule has 2 heteroatoms. The molecule has 0 aromatic carbocycles. The van der Waals surface area contributed by atoms with Crippen LogP contribution < -0.4 is 0 Å². The summed E-state index contributed by atoms with van der Waals surface area (Å²) in [6.07, 6.45) is 3.74. The van der Waals surface area contributed by atoms with Gasteiger partial charge < -0.3 is 4.74 Å². The van der Waals surface area contributed by atoms with Crippen LogP contribution in [0.15, 0.2) is 11.6 Å². The molecule has 0 bridgehead atoms. The molecular formula is C9H14O2. The molecule has 62 valence electrons. The average molecular weight is 154 g/mol. The highest BCUT2D eigenvalue weighted by molar-refractivity contribution is 5.83. The van der Waals surface area contributed by atoms with Crippen LogP contribution in [0.3, 0.4) is 0 Å². The predicted octanol–water partition coefficient (Wildman–Crippen LogP) is 2.05. The van der Waals surface area contributed by atoms with Gasteiger partial charge in [-0.25, -0.2) is 4.79 Å². The third kappa shape index (κ3) is 3.81. The topological polar surface area (TPSA) is 26.3 Å². The molecule has 1 aliphatic carbocycles. The Morgan fingerprint density at radius 2 is 2.00 bits per heavy atom. The third-order valence-corrected chi connectivity index (χ3v) is 1.27. The highest BCUT2D eigenvalue weighted by Crippen LogP contribution is 2.27. The zero-order valence-electron chi connectivity index (χ0n) is 7.31. The average Bonchev–Trinajstić information content (AvgIpc) is 2.42. The van der Waals surface area contributed by atoms with Crippen molar-refractivity contribution in [3.63, 3.8) is 0 Å². The van der Waals surface area contributed by atoms with Crippen molar-refractivity contribution in [1.29, 1.82) is 0 Å². The Labute approximate surface area is 67.2 Å². The summed E-state index contributed by atoms with van der Waals surface area (Å²) in [5.41, 5.74) is 0.850. The van der Waals surface area contributed by atoms with Gasteiger partial charge in [0.25, 0.3) is 0 Å². The number of allylic oxidation sites excluding steroid dienone is 1. The van der Waals surface area contributed by atoms with Gasteiger partial charge in [0, 0.05) is 6.08 Å². The first-order valence-electron chi connectivity index (χ1n) is 3.90. The quantitative estimate of drug-likeness (QED) is 0.427. The van der Waals surface area contributed by atoms with Crippen molar-refractivity contribution < 1.29 is 9.53 Å². The lowest BCUT2D eigenvalue weighted by Crippen LogP contribution is -2.22. The van der Waals surface area contributed by atoms with Crippen LogP contribution in [-0.4, -0.2) is 11.6 Å². The van der Waals surface area contributed by atoms with Gasteiger partial charge in [0.15, 0.2) is 0 Å². The number of rotatable bonds is 1. The van der Waals surface area contributed by atoms with Gasteiger partial charge in [-0.3, -0.25) is 0 Å². The van der Waals surface area contributed by atoms with Crippen LogP contribution in [0.4, 0.5) is 0 Å². The fraction of sp³-hybridized carbons (Fsp3) is 0.667. The zero-order chi connectivity index (χ0) is 8.48. The van der Waals surface area contributed by atoms with Crippen molar-refractivity contribution in [2.75, 3.05) is 0 Å². The maximum Gasteiger partial charge on any atom is 0.331 e. The highest BCUT2D eigenvalue weighted by atomic mass is 16.6. The van der Waals surface area contributed by atoms with E-state index in [1.165, 1.54) is 5.57 Å². The minimum Gasteiger partial charge on any atom is -0.457 e. The summed E-state index contributed by atoms with van der Waals surface area (Å²) in [6.45, 7) is 5.61. The normalized spacial score (nSPS) is 16.1. The molecule has 1 aliphatic rings. The first-order chi connectivity index (χ1) is 4.97. The van der Waals surface area contributed by atoms with Gasteiger partial charge in [-0.05, 0) is 33.6 Å². The van der Waals surface area contributed by atoms with Crippen molar-refractivity contribution in [2.24, 2.45) is 0 Å². The van der Waals surface area contributed by atoms with Gasteiger partial charge in [-0.15, -0.1) is 0 Å². The maximum absolute atomic E-state index is 11.0. The second-order valence-electron chi connectivity index (χ2n) is 3.84. The molecule has 0 heterocycles. The van der Waals surface area contributed by atoms with Crippen LogP contribution in [0.2, 0.25) is 0 Å². The summed E-state index contributed by atoms with van der Waals surface area (Å²) in [6, 6.07) is 0. The fourth-order valence-corrected chi connectivity index (χ4v) is 0.714. The van der Waals surface area contributed by atoms with E-state index in [0.29, 0.717) is 0 Å². The van der Waals surface area contributed by atoms with Crippen molar-refractivity contribution >= 4 is 5.97 Å². The second kappa shape index (κ2) is 2.68. The molecule has 0 atom stereocenters. The largest absolute Gasteiger partial charge is 0.457 e. The third-order valence-electron chi connectivity index (χ3n) is 1.27.